The Morgan fingerprint density at radius 3 is 1.80 bits per heavy atom. The van der Waals surface area contributed by atoms with E-state index in [0.717, 1.165) is 11.4 Å². The molecule has 0 aliphatic heterocycles. The zero-order chi connectivity index (χ0) is 35.6. The third kappa shape index (κ3) is 4.92. The number of para-hydroxylation sites is 1. The minimum Gasteiger partial charge on any atom is -0.309 e. The van der Waals surface area contributed by atoms with Crippen molar-refractivity contribution in [3.05, 3.63) is 200 Å². The van der Waals surface area contributed by atoms with E-state index in [2.05, 4.69) is 205 Å². The molecule has 2 heteroatoms. The predicted molar refractivity (Wildman–Crippen MR) is 235 cm³/mol. The van der Waals surface area contributed by atoms with Crippen LogP contribution in [0.15, 0.2) is 200 Å². The monoisotopic (exact) mass is 703 g/mol. The second-order valence-electron chi connectivity index (χ2n) is 14.1. The van der Waals surface area contributed by atoms with Gasteiger partial charge in [0.2, 0.25) is 0 Å². The van der Waals surface area contributed by atoms with E-state index < -0.39 is 0 Å². The van der Waals surface area contributed by atoms with Crippen molar-refractivity contribution >= 4 is 91.7 Å². The van der Waals surface area contributed by atoms with Gasteiger partial charge in [0.1, 0.15) is 0 Å². The van der Waals surface area contributed by atoms with Gasteiger partial charge in [-0.05, 0) is 96.2 Å². The minimum absolute atomic E-state index is 1.12. The van der Waals surface area contributed by atoms with Gasteiger partial charge in [0.05, 0.1) is 11.4 Å². The molecule has 0 atom stereocenters. The molecule has 1 heterocycles. The van der Waals surface area contributed by atoms with Gasteiger partial charge in [0.15, 0.2) is 0 Å². The molecule has 54 heavy (non-hydrogen) atoms. The third-order valence-electron chi connectivity index (χ3n) is 11.0. The number of nitrogens with zero attached hydrogens (tertiary/aromatic N) is 1. The van der Waals surface area contributed by atoms with E-state index in [1.165, 1.54) is 91.2 Å². The Bertz CT molecular complexity index is 3210. The van der Waals surface area contributed by atoms with E-state index in [0.29, 0.717) is 0 Å². The predicted octanol–water partition coefficient (Wildman–Crippen LogP) is 15.5. The fourth-order valence-corrected chi connectivity index (χ4v) is 9.74. The normalized spacial score (nSPS) is 11.7. The van der Waals surface area contributed by atoms with E-state index in [1.807, 2.05) is 11.3 Å². The summed E-state index contributed by atoms with van der Waals surface area (Å²) in [5, 5.41) is 12.9. The summed E-state index contributed by atoms with van der Waals surface area (Å²) in [4.78, 5) is 2.47. The first-order chi connectivity index (χ1) is 26.8. The van der Waals surface area contributed by atoms with E-state index in [-0.39, 0.29) is 0 Å². The third-order valence-corrected chi connectivity index (χ3v) is 12.2. The van der Waals surface area contributed by atoms with Gasteiger partial charge in [-0.25, -0.2) is 0 Å². The van der Waals surface area contributed by atoms with Crippen LogP contribution in [0.5, 0.6) is 0 Å². The van der Waals surface area contributed by atoms with E-state index in [4.69, 9.17) is 0 Å². The van der Waals surface area contributed by atoms with Crippen molar-refractivity contribution in [2.45, 2.75) is 0 Å². The summed E-state index contributed by atoms with van der Waals surface area (Å²) in [7, 11) is 0. The maximum atomic E-state index is 2.47. The molecule has 11 aromatic rings. The molecule has 252 valence electrons. The van der Waals surface area contributed by atoms with Crippen LogP contribution in [-0.4, -0.2) is 0 Å². The second-order valence-corrected chi connectivity index (χ2v) is 15.1. The Morgan fingerprint density at radius 1 is 0.333 bits per heavy atom. The summed E-state index contributed by atoms with van der Waals surface area (Å²) in [6.07, 6.45) is 0. The van der Waals surface area contributed by atoms with Crippen LogP contribution in [0, 0.1) is 0 Å². The van der Waals surface area contributed by atoms with Gasteiger partial charge in [-0.3, -0.25) is 0 Å². The molecule has 0 radical (unpaired) electrons. The van der Waals surface area contributed by atoms with Crippen LogP contribution >= 0.6 is 11.3 Å². The summed E-state index contributed by atoms with van der Waals surface area (Å²) in [5.41, 5.74) is 8.23. The fraction of sp³-hybridized carbons (Fsp3) is 0. The lowest BCUT2D eigenvalue weighted by atomic mass is 9.94. The van der Waals surface area contributed by atoms with Crippen LogP contribution in [-0.2, 0) is 0 Å². The van der Waals surface area contributed by atoms with Crippen LogP contribution in [0.3, 0.4) is 0 Å². The van der Waals surface area contributed by atoms with Crippen molar-refractivity contribution in [2.24, 2.45) is 0 Å². The Hall–Kier alpha value is -6.74. The van der Waals surface area contributed by atoms with Gasteiger partial charge < -0.3 is 4.90 Å². The Morgan fingerprint density at radius 2 is 0.944 bits per heavy atom. The number of hydrogen-bond donors (Lipinski definition) is 0. The van der Waals surface area contributed by atoms with Crippen LogP contribution in [0.1, 0.15) is 0 Å². The highest BCUT2D eigenvalue weighted by Crippen LogP contribution is 2.48. The summed E-state index contributed by atoms with van der Waals surface area (Å²) in [5.74, 6) is 0. The maximum absolute atomic E-state index is 2.47. The zero-order valence-corrected chi connectivity index (χ0v) is 30.2. The van der Waals surface area contributed by atoms with Gasteiger partial charge in [0.25, 0.3) is 0 Å². The average Bonchev–Trinajstić information content (AvgIpc) is 3.64. The van der Waals surface area contributed by atoms with E-state index in [1.54, 1.807) is 0 Å². The second kappa shape index (κ2) is 12.4. The summed E-state index contributed by atoms with van der Waals surface area (Å²) in [6, 6.07) is 73.4. The molecule has 1 aromatic heterocycles. The molecule has 0 amide bonds. The van der Waals surface area contributed by atoms with Crippen molar-refractivity contribution in [2.75, 3.05) is 4.90 Å². The van der Waals surface area contributed by atoms with Crippen molar-refractivity contribution < 1.29 is 0 Å². The van der Waals surface area contributed by atoms with Gasteiger partial charge >= 0.3 is 0 Å². The lowest BCUT2D eigenvalue weighted by Gasteiger charge is -2.29. The van der Waals surface area contributed by atoms with Crippen molar-refractivity contribution in [3.8, 4) is 22.3 Å². The van der Waals surface area contributed by atoms with Crippen molar-refractivity contribution in [1.82, 2.24) is 0 Å². The highest BCUT2D eigenvalue weighted by Gasteiger charge is 2.22. The molecule has 10 aromatic carbocycles. The smallest absolute Gasteiger partial charge is 0.0555 e. The lowest BCUT2D eigenvalue weighted by Crippen LogP contribution is -2.11. The van der Waals surface area contributed by atoms with Crippen molar-refractivity contribution in [3.63, 3.8) is 0 Å². The van der Waals surface area contributed by atoms with Crippen LogP contribution < -0.4 is 4.90 Å². The number of hydrogen-bond acceptors (Lipinski definition) is 2. The van der Waals surface area contributed by atoms with Crippen LogP contribution in [0.2, 0.25) is 0 Å². The number of benzene rings is 10. The molecule has 0 aliphatic carbocycles. The van der Waals surface area contributed by atoms with Crippen LogP contribution in [0.4, 0.5) is 17.1 Å². The molecule has 0 unspecified atom stereocenters. The summed E-state index contributed by atoms with van der Waals surface area (Å²) < 4.78 is 2.62. The molecule has 0 spiro atoms. The first kappa shape index (κ1) is 30.8. The molecule has 0 N–H and O–H groups in total. The SMILES string of the molecule is c1ccc(-c2ccccc2N(c2ccc(-c3ccc4c(ccc5ccc6ccccc6c54)c3)cc2)c2cccc3sc4c5ccccc5ccc4c23)cc1. The largest absolute Gasteiger partial charge is 0.309 e. The first-order valence-corrected chi connectivity index (χ1v) is 19.3. The lowest BCUT2D eigenvalue weighted by molar-refractivity contribution is 1.30. The Balaban J connectivity index is 1.09. The number of thiophene rings is 1. The molecule has 1 nitrogen and oxygen atoms in total. The highest BCUT2D eigenvalue weighted by atomic mass is 32.1. The quantitative estimate of drug-likeness (QED) is 0.161. The molecule has 0 fully saturated rings. The van der Waals surface area contributed by atoms with Gasteiger partial charge in [-0.1, -0.05) is 164 Å². The van der Waals surface area contributed by atoms with Gasteiger partial charge in [-0.15, -0.1) is 11.3 Å². The molecule has 11 rings (SSSR count). The van der Waals surface area contributed by atoms with Gasteiger partial charge in [0, 0.05) is 31.4 Å². The van der Waals surface area contributed by atoms with E-state index >= 15 is 0 Å². The Kier molecular flexibility index (Phi) is 7.11. The topological polar surface area (TPSA) is 3.24 Å². The molecule has 0 saturated heterocycles. The standard InChI is InChI=1S/C52H33NS/c1-2-11-35(12-3-1)42-15-8-9-18-47(42)53(48-19-10-20-49-51(48)46-32-27-37-14-5-7-17-45(37)52(46)54-49)41-29-25-34(26-30-41)39-28-31-44-40(33-39)24-23-38-22-21-36-13-4-6-16-43(36)50(38)44/h1-33H. The molecule has 0 aliphatic rings. The number of fused-ring (bicyclic) bond motifs is 10. The van der Waals surface area contributed by atoms with Gasteiger partial charge in [-0.2, -0.15) is 0 Å². The number of anilines is 3. The van der Waals surface area contributed by atoms with E-state index in [9.17, 15) is 0 Å². The average molecular weight is 704 g/mol. The van der Waals surface area contributed by atoms with Crippen LogP contribution in [0.25, 0.3) is 85.5 Å². The maximum Gasteiger partial charge on any atom is 0.0555 e. The first-order valence-electron chi connectivity index (χ1n) is 18.5. The minimum atomic E-state index is 1.12. The Labute approximate surface area is 317 Å². The molecule has 0 saturated carbocycles. The number of rotatable bonds is 5. The summed E-state index contributed by atoms with van der Waals surface area (Å²) in [6.45, 7) is 0. The fourth-order valence-electron chi connectivity index (χ4n) is 8.48. The van der Waals surface area contributed by atoms with Crippen molar-refractivity contribution in [1.29, 1.82) is 0 Å². The zero-order valence-electron chi connectivity index (χ0n) is 29.4. The molecule has 0 bridgehead atoms. The molecular weight excluding hydrogens is 671 g/mol. The highest BCUT2D eigenvalue weighted by molar-refractivity contribution is 7.26. The molecular formula is C52H33NS. The summed E-state index contributed by atoms with van der Waals surface area (Å²) >= 11 is 1.89.